The van der Waals surface area contributed by atoms with Crippen LogP contribution in [0.15, 0.2) is 43.8 Å². The largest absolute Gasteiger partial charge is 0.352 e. The second-order valence-corrected chi connectivity index (χ2v) is 10.2. The van der Waals surface area contributed by atoms with Crippen molar-refractivity contribution in [2.24, 2.45) is 0 Å². The number of nitrogens with one attached hydrogen (secondary N) is 1. The van der Waals surface area contributed by atoms with E-state index in [1.54, 1.807) is 0 Å². The number of H-pyrrole nitrogens is 1. The van der Waals surface area contributed by atoms with Crippen LogP contribution in [0.2, 0.25) is 0 Å². The third-order valence-corrected chi connectivity index (χ3v) is 6.87. The summed E-state index contributed by atoms with van der Waals surface area (Å²) in [5.74, 6) is 0. The lowest BCUT2D eigenvalue weighted by molar-refractivity contribution is 0.480. The molecule has 11 nitrogen and oxygen atoms in total. The molecule has 146 valence electrons. The molecular formula is C12H9NO10S4. The van der Waals surface area contributed by atoms with Gasteiger partial charge in [0.1, 0.15) is 0 Å². The van der Waals surface area contributed by atoms with Gasteiger partial charge in [0.05, 0.1) is 30.6 Å². The van der Waals surface area contributed by atoms with E-state index in [1.165, 1.54) is 0 Å². The van der Waals surface area contributed by atoms with Crippen LogP contribution in [0.3, 0.4) is 0 Å². The number of aromatic nitrogens is 1. The van der Waals surface area contributed by atoms with Crippen LogP contribution < -0.4 is 0 Å². The molecule has 0 unspecified atom stereocenters. The fourth-order valence-corrected chi connectivity index (χ4v) is 5.05. The van der Waals surface area contributed by atoms with Gasteiger partial charge in [-0.05, 0) is 24.3 Å². The van der Waals surface area contributed by atoms with Crippen LogP contribution in [0.1, 0.15) is 0 Å². The molecule has 3 N–H and O–H groups in total. The van der Waals surface area contributed by atoms with Gasteiger partial charge in [0.25, 0.3) is 20.2 Å². The molecule has 27 heavy (non-hydrogen) atoms. The van der Waals surface area contributed by atoms with Crippen LogP contribution in [0.4, 0.5) is 0 Å². The van der Waals surface area contributed by atoms with E-state index < -0.39 is 61.2 Å². The molecule has 1 heterocycles. The van der Waals surface area contributed by atoms with Crippen molar-refractivity contribution >= 4 is 63.5 Å². The molecule has 3 aromatic rings. The fraction of sp³-hybridized carbons (Fsp3) is 0. The van der Waals surface area contributed by atoms with Gasteiger partial charge in [0, 0.05) is 10.8 Å². The summed E-state index contributed by atoms with van der Waals surface area (Å²) >= 11 is 0. The Morgan fingerprint density at radius 2 is 1.00 bits per heavy atom. The summed E-state index contributed by atoms with van der Waals surface area (Å²) in [5, 5.41) is -0.365. The quantitative estimate of drug-likeness (QED) is 0.259. The zero-order valence-electron chi connectivity index (χ0n) is 12.7. The molecule has 1 aromatic heterocycles. The second-order valence-electron chi connectivity index (χ2n) is 5.32. The van der Waals surface area contributed by atoms with Gasteiger partial charge in [-0.3, -0.25) is 9.11 Å². The Morgan fingerprint density at radius 3 is 1.26 bits per heavy atom. The summed E-state index contributed by atoms with van der Waals surface area (Å²) in [6, 6.07) is 3.03. The molecule has 0 amide bonds. The van der Waals surface area contributed by atoms with Crippen molar-refractivity contribution in [2.75, 3.05) is 0 Å². The molecule has 0 fully saturated rings. The lowest BCUT2D eigenvalue weighted by Crippen LogP contribution is -2.00. The lowest BCUT2D eigenvalue weighted by atomic mass is 10.1. The minimum absolute atomic E-state index is 0.182. The van der Waals surface area contributed by atoms with Crippen LogP contribution >= 0.6 is 0 Å². The monoisotopic (exact) mass is 455 g/mol. The number of fused-ring (bicyclic) bond motifs is 3. The van der Waals surface area contributed by atoms with E-state index in [9.17, 15) is 42.8 Å². The van der Waals surface area contributed by atoms with Gasteiger partial charge < -0.3 is 4.98 Å². The van der Waals surface area contributed by atoms with Gasteiger partial charge in [-0.2, -0.15) is 16.8 Å². The number of benzene rings is 2. The Hall–Kier alpha value is -2.04. The van der Waals surface area contributed by atoms with Gasteiger partial charge >= 0.3 is 0 Å². The molecule has 0 saturated carbocycles. The molecule has 2 aromatic carbocycles. The van der Waals surface area contributed by atoms with Crippen LogP contribution in [0, 0.1) is 0 Å². The van der Waals surface area contributed by atoms with E-state index in [0.717, 1.165) is 12.1 Å². The molecule has 0 bridgehead atoms. The van der Waals surface area contributed by atoms with E-state index in [2.05, 4.69) is 4.98 Å². The van der Waals surface area contributed by atoms with Gasteiger partial charge in [0.15, 0.2) is 21.4 Å². The Labute approximate surface area is 155 Å². The van der Waals surface area contributed by atoms with E-state index >= 15 is 0 Å². The van der Waals surface area contributed by atoms with Crippen LogP contribution in [-0.2, 0) is 41.6 Å². The van der Waals surface area contributed by atoms with Crippen molar-refractivity contribution in [1.29, 1.82) is 0 Å². The zero-order valence-corrected chi connectivity index (χ0v) is 16.1. The highest BCUT2D eigenvalue weighted by Crippen LogP contribution is 2.35. The highest BCUT2D eigenvalue weighted by molar-refractivity contribution is 7.86. The Bertz CT molecular complexity index is 1360. The average molecular weight is 455 g/mol. The van der Waals surface area contributed by atoms with Crippen molar-refractivity contribution in [1.82, 2.24) is 4.98 Å². The summed E-state index contributed by atoms with van der Waals surface area (Å²) in [6.45, 7) is 0. The maximum Gasteiger partial charge on any atom is 0.294 e. The van der Waals surface area contributed by atoms with Crippen molar-refractivity contribution in [2.45, 2.75) is 19.6 Å². The summed E-state index contributed by atoms with van der Waals surface area (Å²) in [7, 11) is -16.4. The zero-order chi connectivity index (χ0) is 20.3. The molecule has 0 saturated heterocycles. The third kappa shape index (κ3) is 3.44. The van der Waals surface area contributed by atoms with Gasteiger partial charge in [0.2, 0.25) is 0 Å². The number of hydrogen-bond donors (Lipinski definition) is 5. The smallest absolute Gasteiger partial charge is 0.294 e. The van der Waals surface area contributed by atoms with Crippen molar-refractivity contribution in [3.63, 3.8) is 0 Å². The predicted molar refractivity (Wildman–Crippen MR) is 92.6 cm³/mol. The number of aromatic amines is 1. The second kappa shape index (κ2) is 6.25. The molecular weight excluding hydrogens is 446 g/mol. The van der Waals surface area contributed by atoms with Crippen LogP contribution in [0.25, 0.3) is 21.8 Å². The van der Waals surface area contributed by atoms with E-state index in [-0.39, 0.29) is 21.8 Å². The fourth-order valence-electron chi connectivity index (χ4n) is 2.60. The Balaban J connectivity index is 2.68. The third-order valence-electron chi connectivity index (χ3n) is 3.71. The van der Waals surface area contributed by atoms with Crippen LogP contribution in [0.5, 0.6) is 0 Å². The highest BCUT2D eigenvalue weighted by atomic mass is 32.2. The van der Waals surface area contributed by atoms with Crippen molar-refractivity contribution in [3.8, 4) is 0 Å². The van der Waals surface area contributed by atoms with E-state index in [0.29, 0.717) is 12.1 Å². The summed E-state index contributed by atoms with van der Waals surface area (Å²) < 4.78 is 110. The average Bonchev–Trinajstić information content (AvgIpc) is 2.89. The molecule has 0 aliphatic heterocycles. The molecule has 0 radical (unpaired) electrons. The maximum absolute atomic E-state index is 11.5. The molecule has 0 aliphatic carbocycles. The predicted octanol–water partition coefficient (Wildman–Crippen LogP) is -0.245. The first kappa shape index (κ1) is 19.7. The molecule has 15 heteroatoms. The van der Waals surface area contributed by atoms with Gasteiger partial charge in [-0.1, -0.05) is 0 Å². The first-order valence-electron chi connectivity index (χ1n) is 6.68. The van der Waals surface area contributed by atoms with Gasteiger partial charge in [-0.15, -0.1) is 0 Å². The molecule has 0 atom stereocenters. The SMILES string of the molecule is O=[SH](=O)c1cc(S(=O)(=O)O)cc2c1[nH]c1c([SH](=O)=O)cc(S(=O)(=O)O)cc12. The van der Waals surface area contributed by atoms with Gasteiger partial charge in [-0.25, -0.2) is 16.8 Å². The summed E-state index contributed by atoms with van der Waals surface area (Å²) in [4.78, 5) is -0.203. The number of hydrogen-bond acceptors (Lipinski definition) is 8. The minimum atomic E-state index is -4.83. The maximum atomic E-state index is 11.5. The standard InChI is InChI=1S/C12H9NO10S4/c14-24(15)9-3-5(26(18,19)20)1-7-8-2-6(27(21,22)23)4-10(25(16)17)12(8)13-11(7)9/h1-4,13,24-25H,(H,18,19,20)(H,21,22,23). The Kier molecular flexibility index (Phi) is 4.56. The summed E-state index contributed by atoms with van der Waals surface area (Å²) in [6.07, 6.45) is 0. The number of thiol groups is 2. The molecule has 3 rings (SSSR count). The van der Waals surface area contributed by atoms with Crippen molar-refractivity contribution < 1.29 is 42.8 Å². The number of rotatable bonds is 4. The van der Waals surface area contributed by atoms with E-state index in [4.69, 9.17) is 0 Å². The summed E-state index contributed by atoms with van der Waals surface area (Å²) in [5.41, 5.74) is -0.391. The van der Waals surface area contributed by atoms with Crippen LogP contribution in [-0.4, -0.2) is 47.8 Å². The molecule has 0 aliphatic rings. The topological polar surface area (TPSA) is 193 Å². The first-order chi connectivity index (χ1) is 12.3. The Morgan fingerprint density at radius 1 is 0.667 bits per heavy atom. The normalized spacial score (nSPS) is 13.2. The first-order valence-corrected chi connectivity index (χ1v) is 11.9. The lowest BCUT2D eigenvalue weighted by Gasteiger charge is -2.02. The van der Waals surface area contributed by atoms with E-state index in [1.807, 2.05) is 0 Å². The van der Waals surface area contributed by atoms with Crippen molar-refractivity contribution in [3.05, 3.63) is 24.3 Å². The minimum Gasteiger partial charge on any atom is -0.352 e. The molecule has 0 spiro atoms. The highest BCUT2D eigenvalue weighted by Gasteiger charge is 2.22.